The largest absolute Gasteiger partial charge is 0.433 e. The Bertz CT molecular complexity index is 1000. The van der Waals surface area contributed by atoms with Crippen molar-refractivity contribution in [3.05, 3.63) is 53.6 Å². The molecule has 3 rings (SSSR count). The average Bonchev–Trinajstić information content (AvgIpc) is 2.71. The number of piperidine rings is 1. The van der Waals surface area contributed by atoms with Gasteiger partial charge in [-0.1, -0.05) is 29.8 Å². The van der Waals surface area contributed by atoms with E-state index in [9.17, 15) is 22.0 Å². The lowest BCUT2D eigenvalue weighted by molar-refractivity contribution is -0.117. The zero-order valence-corrected chi connectivity index (χ0v) is 18.0. The van der Waals surface area contributed by atoms with Gasteiger partial charge in [0.1, 0.15) is 5.75 Å². The lowest BCUT2D eigenvalue weighted by atomic mass is 10.1. The van der Waals surface area contributed by atoms with Crippen molar-refractivity contribution in [1.82, 2.24) is 9.62 Å². The lowest BCUT2D eigenvalue weighted by Gasteiger charge is -2.31. The molecule has 11 heteroatoms. The van der Waals surface area contributed by atoms with Crippen LogP contribution in [0.15, 0.2) is 53.4 Å². The molecule has 1 amide bonds. The molecule has 1 aliphatic rings. The molecule has 168 valence electrons. The number of nitrogens with zero attached hydrogens (tertiary/aromatic N) is 1. The third-order valence-electron chi connectivity index (χ3n) is 4.76. The molecule has 0 saturated carbocycles. The number of amides is 1. The fourth-order valence-corrected chi connectivity index (χ4v) is 4.88. The molecule has 0 bridgehead atoms. The van der Waals surface area contributed by atoms with Gasteiger partial charge < -0.3 is 10.1 Å². The van der Waals surface area contributed by atoms with Gasteiger partial charge in [0.05, 0.1) is 16.5 Å². The molecular weight excluding hydrogens is 452 g/mol. The predicted molar refractivity (Wildman–Crippen MR) is 113 cm³/mol. The fourth-order valence-electron chi connectivity index (χ4n) is 3.26. The molecule has 1 saturated heterocycles. The normalized spacial score (nSPS) is 15.7. The molecule has 1 heterocycles. The number of nitrogens with one attached hydrogen (secondary N) is 2. The minimum atomic E-state index is -3.88. The standard InChI is InChI=1S/C20H22ClF2N3O4S/c21-17-12-16(6-7-18(17)30-20(22)23)31(28,29)25-15-8-10-26(11-9-15)13-19(27)24-14-4-2-1-3-5-14/h1-7,12,15,20,25H,8-11,13H2,(H,24,27). The van der Waals surface area contributed by atoms with E-state index < -0.39 is 16.6 Å². The molecule has 0 aliphatic carbocycles. The van der Waals surface area contributed by atoms with Crippen LogP contribution in [0.4, 0.5) is 14.5 Å². The van der Waals surface area contributed by atoms with Crippen molar-refractivity contribution in [2.45, 2.75) is 30.4 Å². The number of hydrogen-bond donors (Lipinski definition) is 2. The highest BCUT2D eigenvalue weighted by Gasteiger charge is 2.26. The van der Waals surface area contributed by atoms with Crippen molar-refractivity contribution in [3.8, 4) is 5.75 Å². The van der Waals surface area contributed by atoms with E-state index in [1.54, 1.807) is 12.1 Å². The Balaban J connectivity index is 1.50. The van der Waals surface area contributed by atoms with E-state index in [1.807, 2.05) is 23.1 Å². The summed E-state index contributed by atoms with van der Waals surface area (Å²) in [6.07, 6.45) is 1.05. The van der Waals surface area contributed by atoms with Gasteiger partial charge in [-0.15, -0.1) is 0 Å². The number of likely N-dealkylation sites (tertiary alicyclic amines) is 1. The summed E-state index contributed by atoms with van der Waals surface area (Å²) in [5, 5.41) is 2.60. The molecule has 1 fully saturated rings. The monoisotopic (exact) mass is 473 g/mol. The number of para-hydroxylation sites is 1. The number of ether oxygens (including phenoxy) is 1. The van der Waals surface area contributed by atoms with Crippen LogP contribution in [-0.2, 0) is 14.8 Å². The number of benzene rings is 2. The SMILES string of the molecule is O=C(CN1CCC(NS(=O)(=O)c2ccc(OC(F)F)c(Cl)c2)CC1)Nc1ccccc1. The predicted octanol–water partition coefficient (Wildman–Crippen LogP) is 3.32. The Kier molecular flexibility index (Phi) is 7.82. The van der Waals surface area contributed by atoms with Gasteiger partial charge in [-0.3, -0.25) is 9.69 Å². The Labute approximate surface area is 184 Å². The van der Waals surface area contributed by atoms with Crippen LogP contribution < -0.4 is 14.8 Å². The molecule has 0 radical (unpaired) electrons. The summed E-state index contributed by atoms with van der Waals surface area (Å²) in [7, 11) is -3.88. The Morgan fingerprint density at radius 1 is 1.16 bits per heavy atom. The van der Waals surface area contributed by atoms with Crippen molar-refractivity contribution < 1.29 is 26.7 Å². The zero-order valence-electron chi connectivity index (χ0n) is 16.4. The van der Waals surface area contributed by atoms with Crippen LogP contribution in [0.25, 0.3) is 0 Å². The number of sulfonamides is 1. The van der Waals surface area contributed by atoms with Gasteiger partial charge in [-0.2, -0.15) is 8.78 Å². The summed E-state index contributed by atoms with van der Waals surface area (Å²) in [5.41, 5.74) is 0.721. The first-order valence-electron chi connectivity index (χ1n) is 9.57. The Hall–Kier alpha value is -2.27. The number of alkyl halides is 2. The maximum Gasteiger partial charge on any atom is 0.387 e. The third kappa shape index (κ3) is 6.86. The maximum atomic E-state index is 12.6. The minimum absolute atomic E-state index is 0.133. The minimum Gasteiger partial charge on any atom is -0.433 e. The van der Waals surface area contributed by atoms with Crippen LogP contribution >= 0.6 is 11.6 Å². The van der Waals surface area contributed by atoms with Crippen LogP contribution in [-0.4, -0.2) is 51.5 Å². The van der Waals surface area contributed by atoms with Crippen LogP contribution in [0.1, 0.15) is 12.8 Å². The number of carbonyl (C=O) groups is 1. The number of rotatable bonds is 8. The van der Waals surface area contributed by atoms with Gasteiger partial charge in [-0.25, -0.2) is 13.1 Å². The molecule has 2 aromatic rings. The lowest BCUT2D eigenvalue weighted by Crippen LogP contribution is -2.46. The summed E-state index contributed by atoms with van der Waals surface area (Å²) < 4.78 is 56.7. The van der Waals surface area contributed by atoms with E-state index in [1.165, 1.54) is 0 Å². The fraction of sp³-hybridized carbons (Fsp3) is 0.350. The second-order valence-electron chi connectivity index (χ2n) is 7.06. The third-order valence-corrected chi connectivity index (χ3v) is 6.58. The van der Waals surface area contributed by atoms with Gasteiger partial charge in [0.2, 0.25) is 15.9 Å². The number of carbonyl (C=O) groups excluding carboxylic acids is 1. The number of hydrogen-bond acceptors (Lipinski definition) is 5. The van der Waals surface area contributed by atoms with Gasteiger partial charge in [-0.05, 0) is 43.2 Å². The van der Waals surface area contributed by atoms with E-state index in [4.69, 9.17) is 11.6 Å². The molecule has 2 aromatic carbocycles. The van der Waals surface area contributed by atoms with Crippen molar-refractivity contribution in [2.75, 3.05) is 25.0 Å². The molecular formula is C20H22ClF2N3O4S. The second kappa shape index (κ2) is 10.4. The second-order valence-corrected chi connectivity index (χ2v) is 9.18. The molecule has 1 aliphatic heterocycles. The molecule has 0 unspecified atom stereocenters. The van der Waals surface area contributed by atoms with Crippen molar-refractivity contribution >= 4 is 33.2 Å². The molecule has 0 aromatic heterocycles. The van der Waals surface area contributed by atoms with Crippen LogP contribution in [0.3, 0.4) is 0 Å². The van der Waals surface area contributed by atoms with Crippen molar-refractivity contribution in [3.63, 3.8) is 0 Å². The van der Waals surface area contributed by atoms with E-state index in [0.717, 1.165) is 23.9 Å². The van der Waals surface area contributed by atoms with E-state index in [-0.39, 0.29) is 34.2 Å². The highest BCUT2D eigenvalue weighted by atomic mass is 35.5. The average molecular weight is 474 g/mol. The summed E-state index contributed by atoms with van der Waals surface area (Å²) in [6.45, 7) is -1.73. The zero-order chi connectivity index (χ0) is 22.4. The Morgan fingerprint density at radius 3 is 2.45 bits per heavy atom. The number of anilines is 1. The first kappa shape index (κ1) is 23.4. The van der Waals surface area contributed by atoms with E-state index >= 15 is 0 Å². The molecule has 31 heavy (non-hydrogen) atoms. The summed E-state index contributed by atoms with van der Waals surface area (Å²) >= 11 is 5.85. The summed E-state index contributed by atoms with van der Waals surface area (Å²) in [5.74, 6) is -0.427. The van der Waals surface area contributed by atoms with Gasteiger partial charge >= 0.3 is 6.61 Å². The smallest absolute Gasteiger partial charge is 0.387 e. The van der Waals surface area contributed by atoms with E-state index in [0.29, 0.717) is 25.9 Å². The van der Waals surface area contributed by atoms with Crippen LogP contribution in [0.5, 0.6) is 5.75 Å². The quantitative estimate of drug-likeness (QED) is 0.614. The summed E-state index contributed by atoms with van der Waals surface area (Å²) in [6, 6.07) is 12.2. The van der Waals surface area contributed by atoms with Crippen molar-refractivity contribution in [2.24, 2.45) is 0 Å². The summed E-state index contributed by atoms with van der Waals surface area (Å²) in [4.78, 5) is 14.0. The van der Waals surface area contributed by atoms with Gasteiger partial charge in [0.25, 0.3) is 0 Å². The first-order valence-corrected chi connectivity index (χ1v) is 11.4. The molecule has 7 nitrogen and oxygen atoms in total. The van der Waals surface area contributed by atoms with Crippen LogP contribution in [0.2, 0.25) is 5.02 Å². The Morgan fingerprint density at radius 2 is 1.84 bits per heavy atom. The number of halogens is 3. The van der Waals surface area contributed by atoms with Gasteiger partial charge in [0.15, 0.2) is 0 Å². The van der Waals surface area contributed by atoms with Crippen LogP contribution in [0, 0.1) is 0 Å². The van der Waals surface area contributed by atoms with Crippen molar-refractivity contribution in [1.29, 1.82) is 0 Å². The van der Waals surface area contributed by atoms with Gasteiger partial charge in [0, 0.05) is 24.8 Å². The molecule has 0 atom stereocenters. The molecule has 2 N–H and O–H groups in total. The molecule has 0 spiro atoms. The highest BCUT2D eigenvalue weighted by Crippen LogP contribution is 2.29. The van der Waals surface area contributed by atoms with E-state index in [2.05, 4.69) is 14.8 Å². The maximum absolute atomic E-state index is 12.6. The first-order chi connectivity index (χ1) is 14.7. The highest BCUT2D eigenvalue weighted by molar-refractivity contribution is 7.89. The topological polar surface area (TPSA) is 87.7 Å².